The van der Waals surface area contributed by atoms with E-state index < -0.39 is 11.8 Å². The van der Waals surface area contributed by atoms with Gasteiger partial charge in [0.15, 0.2) is 0 Å². The number of hydrogen-bond acceptors (Lipinski definition) is 7. The van der Waals surface area contributed by atoms with Gasteiger partial charge in [-0.05, 0) is 23.6 Å². The molecule has 0 aliphatic heterocycles. The summed E-state index contributed by atoms with van der Waals surface area (Å²) < 4.78 is 4.80. The molecule has 186 valence electrons. The first-order valence-electron chi connectivity index (χ1n) is 11.3. The number of rotatable bonds is 8. The highest BCUT2D eigenvalue weighted by Crippen LogP contribution is 2.21. The minimum absolute atomic E-state index is 0.0519. The van der Waals surface area contributed by atoms with Crippen molar-refractivity contribution in [2.75, 3.05) is 24.5 Å². The van der Waals surface area contributed by atoms with Crippen LogP contribution < -0.4 is 16.0 Å². The number of methoxy groups -OCH3 is 1. The lowest BCUT2D eigenvalue weighted by atomic mass is 10.1. The first-order chi connectivity index (χ1) is 18.0. The van der Waals surface area contributed by atoms with Gasteiger partial charge in [-0.3, -0.25) is 30.0 Å². The van der Waals surface area contributed by atoms with Gasteiger partial charge in [-0.1, -0.05) is 30.3 Å². The van der Waals surface area contributed by atoms with Crippen molar-refractivity contribution in [3.05, 3.63) is 77.9 Å². The normalized spacial score (nSPS) is 10.9. The monoisotopic (exact) mass is 498 g/mol. The molecule has 0 bridgehead atoms. The van der Waals surface area contributed by atoms with Gasteiger partial charge in [-0.15, -0.1) is 0 Å². The van der Waals surface area contributed by atoms with Crippen LogP contribution in [0.25, 0.3) is 21.8 Å². The molecule has 0 radical (unpaired) electrons. The third-order valence-corrected chi connectivity index (χ3v) is 5.48. The second-order valence-corrected chi connectivity index (χ2v) is 8.08. The molecule has 0 fully saturated rings. The molecule has 5 rings (SSSR count). The second-order valence-electron chi connectivity index (χ2n) is 8.08. The van der Waals surface area contributed by atoms with E-state index in [1.165, 1.54) is 13.3 Å². The number of para-hydroxylation sites is 1. The zero-order valence-electron chi connectivity index (χ0n) is 19.7. The van der Waals surface area contributed by atoms with Gasteiger partial charge in [-0.2, -0.15) is 0 Å². The molecule has 0 saturated heterocycles. The number of nitrogens with one attached hydrogen (secondary N) is 5. The fraction of sp³-hybridized carbons (Fsp3) is 0.120. The van der Waals surface area contributed by atoms with Crippen molar-refractivity contribution in [3.8, 4) is 0 Å². The molecule has 3 amide bonds. The molecule has 0 spiro atoms. The predicted molar refractivity (Wildman–Crippen MR) is 136 cm³/mol. The molecule has 12 nitrogen and oxygen atoms in total. The van der Waals surface area contributed by atoms with Gasteiger partial charge in [-0.25, -0.2) is 9.97 Å². The highest BCUT2D eigenvalue weighted by atomic mass is 16.5. The Labute approximate surface area is 209 Å². The smallest absolute Gasteiger partial charge is 0.276 e. The SMILES string of the molecule is COCNC(=O)Cc1cnc(NC(=O)c2cccc3[nH]c(NC(=O)c4cc5ccccc5cn4)nc23)[nH]1. The maximum Gasteiger partial charge on any atom is 0.276 e. The zero-order valence-corrected chi connectivity index (χ0v) is 19.7. The lowest BCUT2D eigenvalue weighted by Crippen LogP contribution is -2.27. The van der Waals surface area contributed by atoms with Crippen LogP contribution in [0.3, 0.4) is 0 Å². The summed E-state index contributed by atoms with van der Waals surface area (Å²) in [6.07, 6.45) is 3.15. The third-order valence-electron chi connectivity index (χ3n) is 5.48. The number of pyridine rings is 1. The van der Waals surface area contributed by atoms with E-state index in [1.54, 1.807) is 30.5 Å². The van der Waals surface area contributed by atoms with E-state index in [0.717, 1.165) is 10.8 Å². The summed E-state index contributed by atoms with van der Waals surface area (Å²) in [5.74, 6) is -0.789. The lowest BCUT2D eigenvalue weighted by molar-refractivity contribution is -0.121. The highest BCUT2D eigenvalue weighted by Gasteiger charge is 2.17. The molecule has 0 saturated carbocycles. The van der Waals surface area contributed by atoms with Crippen molar-refractivity contribution < 1.29 is 19.1 Å². The largest absolute Gasteiger partial charge is 0.364 e. The van der Waals surface area contributed by atoms with E-state index in [9.17, 15) is 14.4 Å². The maximum absolute atomic E-state index is 13.0. The number of carbonyl (C=O) groups excluding carboxylic acids is 3. The Morgan fingerprint density at radius 3 is 2.54 bits per heavy atom. The summed E-state index contributed by atoms with van der Waals surface area (Å²) in [6, 6.07) is 14.4. The Bertz CT molecular complexity index is 1620. The van der Waals surface area contributed by atoms with Gasteiger partial charge in [0, 0.05) is 24.4 Å². The Morgan fingerprint density at radius 1 is 0.892 bits per heavy atom. The van der Waals surface area contributed by atoms with Crippen LogP contribution in [0, 0.1) is 0 Å². The molecule has 3 heterocycles. The molecule has 0 aliphatic carbocycles. The van der Waals surface area contributed by atoms with E-state index in [1.807, 2.05) is 24.3 Å². The number of nitrogens with zero attached hydrogens (tertiary/aromatic N) is 3. The Kier molecular flexibility index (Phi) is 6.55. The summed E-state index contributed by atoms with van der Waals surface area (Å²) >= 11 is 0. The summed E-state index contributed by atoms with van der Waals surface area (Å²) in [5, 5.41) is 9.75. The first-order valence-corrected chi connectivity index (χ1v) is 11.3. The number of fused-ring (bicyclic) bond motifs is 2. The van der Waals surface area contributed by atoms with Crippen molar-refractivity contribution in [1.29, 1.82) is 0 Å². The van der Waals surface area contributed by atoms with Gasteiger partial charge in [0.1, 0.15) is 17.9 Å². The number of aromatic amines is 2. The third kappa shape index (κ3) is 5.28. The van der Waals surface area contributed by atoms with Gasteiger partial charge < -0.3 is 20.0 Å². The minimum atomic E-state index is -0.462. The number of H-pyrrole nitrogens is 2. The quantitative estimate of drug-likeness (QED) is 0.205. The van der Waals surface area contributed by atoms with Crippen LogP contribution in [0.1, 0.15) is 26.5 Å². The van der Waals surface area contributed by atoms with Gasteiger partial charge >= 0.3 is 0 Å². The van der Waals surface area contributed by atoms with Crippen LogP contribution in [0.2, 0.25) is 0 Å². The standard InChI is InChI=1S/C25H22N8O4/c1-37-13-28-20(34)10-16-12-27-24(29-16)32-22(35)17-7-4-8-18-21(17)31-25(30-18)33-23(36)19-9-14-5-2-3-6-15(14)11-26-19/h2-9,11-12H,10,13H2,1H3,(H,28,34)(H2,27,29,32,35)(H2,30,31,33,36). The molecule has 0 atom stereocenters. The average Bonchev–Trinajstić information content (AvgIpc) is 3.52. The Morgan fingerprint density at radius 2 is 1.70 bits per heavy atom. The average molecular weight is 499 g/mol. The van der Waals surface area contributed by atoms with Crippen LogP contribution in [0.15, 0.2) is 60.9 Å². The molecule has 5 N–H and O–H groups in total. The number of aromatic nitrogens is 5. The number of imidazole rings is 2. The fourth-order valence-electron chi connectivity index (χ4n) is 3.73. The molecular formula is C25H22N8O4. The Balaban J connectivity index is 1.30. The summed E-state index contributed by atoms with van der Waals surface area (Å²) in [5.41, 5.74) is 1.96. The molecular weight excluding hydrogens is 476 g/mol. The summed E-state index contributed by atoms with van der Waals surface area (Å²) in [4.78, 5) is 56.2. The first kappa shape index (κ1) is 23.6. The van der Waals surface area contributed by atoms with Crippen LogP contribution in [-0.2, 0) is 16.0 Å². The number of amides is 3. The molecule has 3 aromatic heterocycles. The van der Waals surface area contributed by atoms with Gasteiger partial charge in [0.05, 0.1) is 23.7 Å². The maximum atomic E-state index is 13.0. The van der Waals surface area contributed by atoms with Crippen molar-refractivity contribution in [3.63, 3.8) is 0 Å². The Hall–Kier alpha value is -5.10. The summed E-state index contributed by atoms with van der Waals surface area (Å²) in [7, 11) is 1.48. The van der Waals surface area contributed by atoms with Crippen molar-refractivity contribution in [1.82, 2.24) is 30.2 Å². The van der Waals surface area contributed by atoms with Crippen molar-refractivity contribution in [2.24, 2.45) is 0 Å². The molecule has 0 aliphatic rings. The van der Waals surface area contributed by atoms with E-state index in [0.29, 0.717) is 16.7 Å². The molecule has 12 heteroatoms. The van der Waals surface area contributed by atoms with Crippen LogP contribution in [-0.4, -0.2) is 56.5 Å². The molecule has 5 aromatic rings. The number of ether oxygens (including phenoxy) is 1. The number of anilines is 2. The predicted octanol–water partition coefficient (Wildman–Crippen LogP) is 2.60. The van der Waals surface area contributed by atoms with Crippen LogP contribution >= 0.6 is 0 Å². The number of carbonyl (C=O) groups is 3. The molecule has 37 heavy (non-hydrogen) atoms. The van der Waals surface area contributed by atoms with Crippen molar-refractivity contribution >= 4 is 51.4 Å². The number of benzene rings is 2. The van der Waals surface area contributed by atoms with E-state index in [2.05, 4.69) is 40.9 Å². The van der Waals surface area contributed by atoms with E-state index >= 15 is 0 Å². The molecule has 2 aromatic carbocycles. The molecule has 0 unspecified atom stereocenters. The highest BCUT2D eigenvalue weighted by molar-refractivity contribution is 6.12. The lowest BCUT2D eigenvalue weighted by Gasteiger charge is -2.03. The fourth-order valence-corrected chi connectivity index (χ4v) is 3.73. The van der Waals surface area contributed by atoms with E-state index in [4.69, 9.17) is 4.74 Å². The second kappa shape index (κ2) is 10.3. The zero-order chi connectivity index (χ0) is 25.8. The van der Waals surface area contributed by atoms with Crippen molar-refractivity contribution in [2.45, 2.75) is 6.42 Å². The topological polar surface area (TPSA) is 167 Å². The van der Waals surface area contributed by atoms with Crippen LogP contribution in [0.4, 0.5) is 11.9 Å². The van der Waals surface area contributed by atoms with E-state index in [-0.39, 0.29) is 42.2 Å². The number of hydrogen-bond donors (Lipinski definition) is 5. The van der Waals surface area contributed by atoms with Gasteiger partial charge in [0.25, 0.3) is 11.8 Å². The summed E-state index contributed by atoms with van der Waals surface area (Å²) in [6.45, 7) is 0.103. The minimum Gasteiger partial charge on any atom is -0.364 e. The van der Waals surface area contributed by atoms with Crippen LogP contribution in [0.5, 0.6) is 0 Å². The van der Waals surface area contributed by atoms with Gasteiger partial charge in [0.2, 0.25) is 17.8 Å².